The summed E-state index contributed by atoms with van der Waals surface area (Å²) in [6.45, 7) is 4.77. The molecule has 0 unspecified atom stereocenters. The molecular weight excluding hydrogens is 418 g/mol. The predicted octanol–water partition coefficient (Wildman–Crippen LogP) is 4.89. The van der Waals surface area contributed by atoms with E-state index >= 15 is 0 Å². The van der Waals surface area contributed by atoms with Crippen LogP contribution in [-0.2, 0) is 12.8 Å². The summed E-state index contributed by atoms with van der Waals surface area (Å²) in [4.78, 5) is 29.0. The van der Waals surface area contributed by atoms with E-state index in [2.05, 4.69) is 10.2 Å². The Morgan fingerprint density at radius 3 is 2.67 bits per heavy atom. The number of thiophene rings is 1. The number of benzene rings is 1. The van der Waals surface area contributed by atoms with Crippen LogP contribution in [0.1, 0.15) is 29.1 Å². The van der Waals surface area contributed by atoms with Crippen LogP contribution in [0.4, 0.5) is 16.3 Å². The number of nitrogens with one attached hydrogen (secondary N) is 1. The van der Waals surface area contributed by atoms with Crippen molar-refractivity contribution in [3.8, 4) is 0 Å². The third-order valence-corrected chi connectivity index (χ3v) is 7.40. The Morgan fingerprint density at radius 1 is 1.10 bits per heavy atom. The van der Waals surface area contributed by atoms with Gasteiger partial charge in [0.2, 0.25) is 0 Å². The molecule has 6 nitrogen and oxygen atoms in total. The van der Waals surface area contributed by atoms with Gasteiger partial charge in [0, 0.05) is 31.1 Å². The Balaban J connectivity index is 1.34. The van der Waals surface area contributed by atoms with E-state index in [0.717, 1.165) is 42.4 Å². The number of aromatic nitrogens is 2. The van der Waals surface area contributed by atoms with Crippen LogP contribution in [0.15, 0.2) is 24.3 Å². The number of nitrogens with zero attached hydrogens (tertiary/aromatic N) is 4. The van der Waals surface area contributed by atoms with Gasteiger partial charge < -0.3 is 15.1 Å². The first-order valence-corrected chi connectivity index (χ1v) is 11.6. The van der Waals surface area contributed by atoms with E-state index in [9.17, 15) is 4.79 Å². The van der Waals surface area contributed by atoms with Crippen LogP contribution in [0, 0.1) is 6.92 Å². The highest BCUT2D eigenvalue weighted by Gasteiger charge is 2.27. The highest BCUT2D eigenvalue weighted by molar-refractivity contribution is 7.19. The summed E-state index contributed by atoms with van der Waals surface area (Å²) in [6, 6.07) is 7.20. The average Bonchev–Trinajstić information content (AvgIpc) is 3.13. The molecule has 0 saturated carbocycles. The van der Waals surface area contributed by atoms with Crippen LogP contribution in [0.3, 0.4) is 0 Å². The lowest BCUT2D eigenvalue weighted by atomic mass is 9.97. The molecule has 1 fully saturated rings. The molecule has 0 atom stereocenters. The maximum atomic E-state index is 12.7. The number of anilines is 2. The molecule has 0 radical (unpaired) electrons. The van der Waals surface area contributed by atoms with Gasteiger partial charge in [-0.1, -0.05) is 23.7 Å². The first-order valence-electron chi connectivity index (χ1n) is 10.4. The van der Waals surface area contributed by atoms with E-state index in [1.807, 2.05) is 41.4 Å². The van der Waals surface area contributed by atoms with Crippen molar-refractivity contribution in [1.82, 2.24) is 14.9 Å². The first kappa shape index (κ1) is 19.6. The van der Waals surface area contributed by atoms with Crippen molar-refractivity contribution < 1.29 is 4.79 Å². The highest BCUT2D eigenvalue weighted by Crippen LogP contribution is 2.39. The van der Waals surface area contributed by atoms with Crippen LogP contribution in [-0.4, -0.2) is 47.1 Å². The predicted molar refractivity (Wildman–Crippen MR) is 123 cm³/mol. The summed E-state index contributed by atoms with van der Waals surface area (Å²) in [5, 5.41) is 4.71. The monoisotopic (exact) mass is 441 g/mol. The minimum atomic E-state index is -0.111. The summed E-state index contributed by atoms with van der Waals surface area (Å²) in [5.74, 6) is 1.86. The van der Waals surface area contributed by atoms with Gasteiger partial charge in [-0.05, 0) is 50.3 Å². The highest BCUT2D eigenvalue weighted by atomic mass is 35.5. The number of carbonyl (C=O) groups excluding carboxylic acids is 1. The number of halogens is 1. The number of para-hydroxylation sites is 1. The summed E-state index contributed by atoms with van der Waals surface area (Å²) >= 11 is 8.01. The van der Waals surface area contributed by atoms with Gasteiger partial charge in [0.1, 0.15) is 16.5 Å². The number of hydrogen-bond donors (Lipinski definition) is 1. The molecule has 1 N–H and O–H groups in total. The lowest BCUT2D eigenvalue weighted by Gasteiger charge is -2.36. The molecule has 30 heavy (non-hydrogen) atoms. The zero-order valence-electron chi connectivity index (χ0n) is 16.9. The van der Waals surface area contributed by atoms with Gasteiger partial charge in [0.05, 0.1) is 16.1 Å². The summed E-state index contributed by atoms with van der Waals surface area (Å²) in [5.41, 5.74) is 2.10. The standard InChI is InChI=1S/C22H24ClN5OS/c1-14-24-20(19-15-6-2-5-9-18(15)30-21(19)25-14)27-10-12-28(13-11-27)22(29)26-17-8-4-3-7-16(17)23/h3-4,7-8H,2,5-6,9-13H2,1H3,(H,26,29). The molecule has 0 bridgehead atoms. The molecule has 1 aliphatic carbocycles. The molecule has 2 aliphatic rings. The number of aryl methyl sites for hydroxylation is 3. The van der Waals surface area contributed by atoms with Crippen LogP contribution in [0.2, 0.25) is 5.02 Å². The van der Waals surface area contributed by atoms with Crippen molar-refractivity contribution in [1.29, 1.82) is 0 Å². The maximum absolute atomic E-state index is 12.7. The SMILES string of the molecule is Cc1nc(N2CCN(C(=O)Nc3ccccc3Cl)CC2)c2c3c(sc2n1)CCCC3. The molecule has 3 aromatic rings. The largest absolute Gasteiger partial charge is 0.352 e. The first-order chi connectivity index (χ1) is 14.6. The second kappa shape index (κ2) is 8.04. The Hall–Kier alpha value is -2.38. The number of amides is 2. The second-order valence-electron chi connectivity index (χ2n) is 7.87. The van der Waals surface area contributed by atoms with Gasteiger partial charge in [0.25, 0.3) is 0 Å². The van der Waals surface area contributed by atoms with Crippen LogP contribution >= 0.6 is 22.9 Å². The van der Waals surface area contributed by atoms with E-state index in [1.54, 1.807) is 6.07 Å². The van der Waals surface area contributed by atoms with E-state index in [-0.39, 0.29) is 6.03 Å². The van der Waals surface area contributed by atoms with Gasteiger partial charge in [0.15, 0.2) is 0 Å². The molecule has 5 rings (SSSR count). The molecule has 0 spiro atoms. The van der Waals surface area contributed by atoms with E-state index in [0.29, 0.717) is 23.8 Å². The minimum Gasteiger partial charge on any atom is -0.352 e. The van der Waals surface area contributed by atoms with Crippen LogP contribution in [0.5, 0.6) is 0 Å². The summed E-state index contributed by atoms with van der Waals surface area (Å²) < 4.78 is 0. The maximum Gasteiger partial charge on any atom is 0.322 e. The zero-order valence-corrected chi connectivity index (χ0v) is 18.5. The number of carbonyl (C=O) groups is 1. The van der Waals surface area contributed by atoms with Crippen LogP contribution in [0.25, 0.3) is 10.2 Å². The Morgan fingerprint density at radius 2 is 1.87 bits per heavy atom. The van der Waals surface area contributed by atoms with Crippen molar-refractivity contribution in [2.75, 3.05) is 36.4 Å². The fraction of sp³-hybridized carbons (Fsp3) is 0.409. The molecule has 3 heterocycles. The van der Waals surface area contributed by atoms with Gasteiger partial charge in [-0.3, -0.25) is 0 Å². The van der Waals surface area contributed by atoms with Gasteiger partial charge in [-0.2, -0.15) is 0 Å². The average molecular weight is 442 g/mol. The van der Waals surface area contributed by atoms with E-state index in [4.69, 9.17) is 21.6 Å². The van der Waals surface area contributed by atoms with Crippen molar-refractivity contribution in [2.24, 2.45) is 0 Å². The Labute approximate surface area is 184 Å². The minimum absolute atomic E-state index is 0.111. The second-order valence-corrected chi connectivity index (χ2v) is 9.36. The molecule has 8 heteroatoms. The Bertz CT molecular complexity index is 1110. The fourth-order valence-electron chi connectivity index (χ4n) is 4.35. The normalized spacial score (nSPS) is 16.6. The van der Waals surface area contributed by atoms with Crippen molar-refractivity contribution >= 4 is 50.7 Å². The summed E-state index contributed by atoms with van der Waals surface area (Å²) in [7, 11) is 0. The Kier molecular flexibility index (Phi) is 5.25. The van der Waals surface area contributed by atoms with Gasteiger partial charge in [-0.25, -0.2) is 14.8 Å². The molecule has 1 aliphatic heterocycles. The number of urea groups is 1. The third kappa shape index (κ3) is 3.61. The number of hydrogen-bond acceptors (Lipinski definition) is 5. The third-order valence-electron chi connectivity index (χ3n) is 5.89. The molecule has 1 saturated heterocycles. The number of piperazine rings is 1. The smallest absolute Gasteiger partial charge is 0.322 e. The van der Waals surface area contributed by atoms with E-state index < -0.39 is 0 Å². The topological polar surface area (TPSA) is 61.4 Å². The van der Waals surface area contributed by atoms with E-state index in [1.165, 1.54) is 28.7 Å². The molecule has 2 aromatic heterocycles. The van der Waals surface area contributed by atoms with Gasteiger partial charge in [-0.15, -0.1) is 11.3 Å². The van der Waals surface area contributed by atoms with Gasteiger partial charge >= 0.3 is 6.03 Å². The quantitative estimate of drug-likeness (QED) is 0.615. The van der Waals surface area contributed by atoms with Crippen molar-refractivity contribution in [3.63, 3.8) is 0 Å². The van der Waals surface area contributed by atoms with Crippen molar-refractivity contribution in [2.45, 2.75) is 32.6 Å². The number of rotatable bonds is 2. The van der Waals surface area contributed by atoms with Crippen molar-refractivity contribution in [3.05, 3.63) is 45.6 Å². The molecule has 156 valence electrons. The van der Waals surface area contributed by atoms with Crippen LogP contribution < -0.4 is 10.2 Å². The fourth-order valence-corrected chi connectivity index (χ4v) is 5.83. The lowest BCUT2D eigenvalue weighted by Crippen LogP contribution is -2.50. The molecule has 2 amide bonds. The molecular formula is C22H24ClN5OS. The summed E-state index contributed by atoms with van der Waals surface area (Å²) in [6.07, 6.45) is 4.78. The zero-order chi connectivity index (χ0) is 20.7. The molecule has 1 aromatic carbocycles. The lowest BCUT2D eigenvalue weighted by molar-refractivity contribution is 0.208. The number of fused-ring (bicyclic) bond motifs is 3.